The number of halogens is 2. The third-order valence-corrected chi connectivity index (χ3v) is 0.787. The van der Waals surface area contributed by atoms with Gasteiger partial charge in [0.05, 0.1) is 0 Å². The minimum Gasteiger partial charge on any atom is -0.274 e. The van der Waals surface area contributed by atoms with E-state index in [0.717, 1.165) is 6.07 Å². The van der Waals surface area contributed by atoms with Gasteiger partial charge in [-0.25, -0.2) is 8.78 Å². The van der Waals surface area contributed by atoms with Crippen molar-refractivity contribution >= 4 is 0 Å². The van der Waals surface area contributed by atoms with Crippen molar-refractivity contribution in [3.8, 4) is 0 Å². The first kappa shape index (κ1) is 9.00. The van der Waals surface area contributed by atoms with E-state index in [-0.39, 0.29) is 0 Å². The molecule has 0 aliphatic rings. The number of hydrogen-bond donors (Lipinski definition) is 2. The highest BCUT2D eigenvalue weighted by Gasteiger charge is 1.88. The average molecular weight is 146 g/mol. The standard InChI is InChI=1S/C6H4F2.H4N2/c7-5-2-1-3-6(8)4-5;1-2/h1-4H;1-2H2. The molecule has 1 aromatic carbocycles. The Morgan fingerprint density at radius 2 is 1.40 bits per heavy atom. The van der Waals surface area contributed by atoms with Gasteiger partial charge in [-0.15, -0.1) is 0 Å². The van der Waals surface area contributed by atoms with E-state index in [4.69, 9.17) is 0 Å². The Morgan fingerprint density at radius 3 is 1.60 bits per heavy atom. The summed E-state index contributed by atoms with van der Waals surface area (Å²) < 4.78 is 23.9. The van der Waals surface area contributed by atoms with E-state index in [0.29, 0.717) is 0 Å². The molecule has 0 saturated heterocycles. The van der Waals surface area contributed by atoms with Crippen molar-refractivity contribution in [1.82, 2.24) is 0 Å². The van der Waals surface area contributed by atoms with Crippen LogP contribution in [0.1, 0.15) is 0 Å². The van der Waals surface area contributed by atoms with E-state index in [1.807, 2.05) is 0 Å². The molecular formula is C6H8F2N2. The fourth-order valence-corrected chi connectivity index (χ4v) is 0.460. The van der Waals surface area contributed by atoms with Crippen LogP contribution in [0.4, 0.5) is 8.78 Å². The van der Waals surface area contributed by atoms with Gasteiger partial charge in [0.2, 0.25) is 0 Å². The second-order valence-corrected chi connectivity index (χ2v) is 1.44. The fraction of sp³-hybridized carbons (Fsp3) is 0. The van der Waals surface area contributed by atoms with Crippen molar-refractivity contribution in [2.45, 2.75) is 0 Å². The van der Waals surface area contributed by atoms with Crippen molar-refractivity contribution in [2.24, 2.45) is 11.7 Å². The Balaban J connectivity index is 0.000000371. The molecule has 1 rings (SSSR count). The third-order valence-electron chi connectivity index (χ3n) is 0.787. The normalized spacial score (nSPS) is 8.00. The van der Waals surface area contributed by atoms with Crippen LogP contribution in [-0.4, -0.2) is 0 Å². The predicted octanol–water partition coefficient (Wildman–Crippen LogP) is 0.784. The Kier molecular flexibility index (Phi) is 4.36. The minimum absolute atomic E-state index is 0.537. The predicted molar refractivity (Wildman–Crippen MR) is 34.7 cm³/mol. The molecule has 0 aromatic heterocycles. The molecule has 1 aromatic rings. The number of hydrogen-bond acceptors (Lipinski definition) is 2. The summed E-state index contributed by atoms with van der Waals surface area (Å²) in [6.45, 7) is 0. The molecule has 0 bridgehead atoms. The summed E-state index contributed by atoms with van der Waals surface area (Å²) in [6, 6.07) is 4.55. The zero-order valence-corrected chi connectivity index (χ0v) is 5.22. The molecule has 0 atom stereocenters. The quantitative estimate of drug-likeness (QED) is 0.420. The maximum absolute atomic E-state index is 11.9. The Labute approximate surface area is 57.4 Å². The monoisotopic (exact) mass is 146 g/mol. The Morgan fingerprint density at radius 1 is 1.00 bits per heavy atom. The highest BCUT2D eigenvalue weighted by atomic mass is 19.1. The van der Waals surface area contributed by atoms with Gasteiger partial charge in [-0.2, -0.15) is 0 Å². The first-order valence-electron chi connectivity index (χ1n) is 2.53. The largest absolute Gasteiger partial charge is 0.274 e. The lowest BCUT2D eigenvalue weighted by atomic mass is 10.3. The topological polar surface area (TPSA) is 52.0 Å². The molecule has 0 spiro atoms. The minimum atomic E-state index is -0.537. The summed E-state index contributed by atoms with van der Waals surface area (Å²) in [5.41, 5.74) is 0. The van der Waals surface area contributed by atoms with Gasteiger partial charge >= 0.3 is 0 Å². The number of nitrogens with two attached hydrogens (primary N) is 2. The van der Waals surface area contributed by atoms with Crippen molar-refractivity contribution in [3.05, 3.63) is 35.9 Å². The van der Waals surface area contributed by atoms with Gasteiger partial charge in [-0.05, 0) is 12.1 Å². The molecule has 0 aliphatic carbocycles. The molecule has 0 aliphatic heterocycles. The SMILES string of the molecule is Fc1cccc(F)c1.NN. The van der Waals surface area contributed by atoms with Gasteiger partial charge < -0.3 is 0 Å². The number of benzene rings is 1. The smallest absolute Gasteiger partial charge is 0.126 e. The highest BCUT2D eigenvalue weighted by molar-refractivity contribution is 5.04. The van der Waals surface area contributed by atoms with Crippen molar-refractivity contribution in [1.29, 1.82) is 0 Å². The third kappa shape index (κ3) is 3.11. The molecule has 10 heavy (non-hydrogen) atoms. The van der Waals surface area contributed by atoms with E-state index in [1.165, 1.54) is 18.2 Å². The molecule has 0 saturated carbocycles. The van der Waals surface area contributed by atoms with Crippen LogP contribution in [0.2, 0.25) is 0 Å². The lowest BCUT2D eigenvalue weighted by Gasteiger charge is -1.84. The van der Waals surface area contributed by atoms with E-state index >= 15 is 0 Å². The summed E-state index contributed by atoms with van der Waals surface area (Å²) in [7, 11) is 0. The molecule has 0 heterocycles. The molecular weight excluding hydrogens is 138 g/mol. The maximum atomic E-state index is 11.9. The summed E-state index contributed by atoms with van der Waals surface area (Å²) in [6.07, 6.45) is 0. The number of rotatable bonds is 0. The maximum Gasteiger partial charge on any atom is 0.126 e. The zero-order chi connectivity index (χ0) is 7.98. The van der Waals surface area contributed by atoms with Crippen LogP contribution in [0.5, 0.6) is 0 Å². The van der Waals surface area contributed by atoms with Gasteiger partial charge in [-0.3, -0.25) is 11.7 Å². The number of hydrazine groups is 1. The van der Waals surface area contributed by atoms with E-state index in [2.05, 4.69) is 11.7 Å². The van der Waals surface area contributed by atoms with Crippen LogP contribution in [0, 0.1) is 11.6 Å². The molecule has 0 amide bonds. The molecule has 0 unspecified atom stereocenters. The molecule has 0 fully saturated rings. The molecule has 0 radical (unpaired) electrons. The van der Waals surface area contributed by atoms with Crippen LogP contribution >= 0.6 is 0 Å². The summed E-state index contributed by atoms with van der Waals surface area (Å²) in [5.74, 6) is 6.93. The lowest BCUT2D eigenvalue weighted by molar-refractivity contribution is 0.583. The average Bonchev–Trinajstić information content (AvgIpc) is 1.91. The van der Waals surface area contributed by atoms with Crippen LogP contribution in [0.25, 0.3) is 0 Å². The second-order valence-electron chi connectivity index (χ2n) is 1.44. The molecule has 56 valence electrons. The van der Waals surface area contributed by atoms with Gasteiger partial charge in [0.1, 0.15) is 11.6 Å². The van der Waals surface area contributed by atoms with Crippen LogP contribution in [0.15, 0.2) is 24.3 Å². The van der Waals surface area contributed by atoms with Crippen molar-refractivity contribution in [3.63, 3.8) is 0 Å². The summed E-state index contributed by atoms with van der Waals surface area (Å²) in [4.78, 5) is 0. The summed E-state index contributed by atoms with van der Waals surface area (Å²) >= 11 is 0. The van der Waals surface area contributed by atoms with E-state index in [1.54, 1.807) is 0 Å². The first-order valence-corrected chi connectivity index (χ1v) is 2.53. The Bertz CT molecular complexity index is 174. The van der Waals surface area contributed by atoms with E-state index in [9.17, 15) is 8.78 Å². The summed E-state index contributed by atoms with van der Waals surface area (Å²) in [5, 5.41) is 0. The van der Waals surface area contributed by atoms with Gasteiger partial charge in [-0.1, -0.05) is 6.07 Å². The lowest BCUT2D eigenvalue weighted by Crippen LogP contribution is -2.02. The molecule has 4 N–H and O–H groups in total. The Hall–Kier alpha value is -1.00. The van der Waals surface area contributed by atoms with Gasteiger partial charge in [0.25, 0.3) is 0 Å². The first-order chi connectivity index (χ1) is 4.79. The van der Waals surface area contributed by atoms with Gasteiger partial charge in [0, 0.05) is 6.07 Å². The molecule has 4 heteroatoms. The van der Waals surface area contributed by atoms with Crippen LogP contribution in [-0.2, 0) is 0 Å². The van der Waals surface area contributed by atoms with E-state index < -0.39 is 11.6 Å². The molecule has 2 nitrogen and oxygen atoms in total. The van der Waals surface area contributed by atoms with Crippen molar-refractivity contribution in [2.75, 3.05) is 0 Å². The van der Waals surface area contributed by atoms with Crippen LogP contribution < -0.4 is 11.7 Å². The van der Waals surface area contributed by atoms with Crippen LogP contribution in [0.3, 0.4) is 0 Å². The van der Waals surface area contributed by atoms with Crippen molar-refractivity contribution < 1.29 is 8.78 Å². The highest BCUT2D eigenvalue weighted by Crippen LogP contribution is 1.99. The fourth-order valence-electron chi connectivity index (χ4n) is 0.460. The zero-order valence-electron chi connectivity index (χ0n) is 5.22. The second kappa shape index (κ2) is 4.84. The van der Waals surface area contributed by atoms with Gasteiger partial charge in [0.15, 0.2) is 0 Å².